The number of anilines is 1. The van der Waals surface area contributed by atoms with Crippen LogP contribution in [0.3, 0.4) is 0 Å². The first-order valence-corrected chi connectivity index (χ1v) is 6.20. The quantitative estimate of drug-likeness (QED) is 0.446. The number of aromatic nitrogens is 2. The van der Waals surface area contributed by atoms with Crippen LogP contribution in [0.15, 0.2) is 11.0 Å². The molecule has 0 amide bonds. The summed E-state index contributed by atoms with van der Waals surface area (Å²) in [6.07, 6.45) is -3.23. The van der Waals surface area contributed by atoms with Crippen LogP contribution in [0, 0.1) is 3.57 Å². The Kier molecular flexibility index (Phi) is 3.87. The van der Waals surface area contributed by atoms with Crippen LogP contribution in [0.1, 0.15) is 6.23 Å². The van der Waals surface area contributed by atoms with Gasteiger partial charge in [0.15, 0.2) is 6.23 Å². The molecule has 18 heavy (non-hydrogen) atoms. The van der Waals surface area contributed by atoms with Crippen molar-refractivity contribution in [2.75, 3.05) is 12.3 Å². The number of rotatable bonds is 2. The summed E-state index contributed by atoms with van der Waals surface area (Å²) in [5, 5.41) is 28.4. The van der Waals surface area contributed by atoms with Gasteiger partial charge >= 0.3 is 5.69 Å². The second-order valence-corrected chi connectivity index (χ2v) is 5.05. The molecule has 1 fully saturated rings. The van der Waals surface area contributed by atoms with Crippen molar-refractivity contribution in [2.45, 2.75) is 24.5 Å². The van der Waals surface area contributed by atoms with Gasteiger partial charge in [0.2, 0.25) is 0 Å². The van der Waals surface area contributed by atoms with E-state index < -0.39 is 36.8 Å². The summed E-state index contributed by atoms with van der Waals surface area (Å²) in [6.45, 7) is -0.455. The monoisotopic (exact) mass is 369 g/mol. The van der Waals surface area contributed by atoms with Gasteiger partial charge in [-0.3, -0.25) is 4.57 Å². The fourth-order valence-corrected chi connectivity index (χ4v) is 2.17. The summed E-state index contributed by atoms with van der Waals surface area (Å²) >= 11 is 1.88. The van der Waals surface area contributed by atoms with Gasteiger partial charge in [-0.15, -0.1) is 0 Å². The van der Waals surface area contributed by atoms with Crippen molar-refractivity contribution in [3.05, 3.63) is 20.3 Å². The number of halogens is 1. The van der Waals surface area contributed by atoms with E-state index in [1.54, 1.807) is 0 Å². The molecule has 4 atom stereocenters. The first-order chi connectivity index (χ1) is 8.45. The second-order valence-electron chi connectivity index (χ2n) is 3.89. The molecule has 1 aromatic heterocycles. The third-order valence-corrected chi connectivity index (χ3v) is 3.56. The zero-order valence-electron chi connectivity index (χ0n) is 9.10. The van der Waals surface area contributed by atoms with Gasteiger partial charge in [0, 0.05) is 6.20 Å². The number of hydrogen-bond donors (Lipinski definition) is 4. The molecule has 0 radical (unpaired) electrons. The maximum Gasteiger partial charge on any atom is 0.351 e. The van der Waals surface area contributed by atoms with Crippen molar-refractivity contribution in [3.8, 4) is 0 Å². The van der Waals surface area contributed by atoms with Crippen LogP contribution in [-0.4, -0.2) is 49.8 Å². The van der Waals surface area contributed by atoms with Gasteiger partial charge in [-0.2, -0.15) is 4.98 Å². The molecule has 2 rings (SSSR count). The second kappa shape index (κ2) is 5.09. The van der Waals surface area contributed by atoms with Crippen LogP contribution >= 0.6 is 22.6 Å². The van der Waals surface area contributed by atoms with E-state index in [0.717, 1.165) is 4.57 Å². The molecule has 0 spiro atoms. The van der Waals surface area contributed by atoms with E-state index in [1.807, 2.05) is 22.6 Å². The van der Waals surface area contributed by atoms with Crippen LogP contribution in [0.2, 0.25) is 0 Å². The van der Waals surface area contributed by atoms with Crippen molar-refractivity contribution >= 4 is 28.4 Å². The summed E-state index contributed by atoms with van der Waals surface area (Å²) in [5.41, 5.74) is 4.79. The normalized spacial score (nSPS) is 31.8. The maximum absolute atomic E-state index is 11.7. The van der Waals surface area contributed by atoms with Crippen molar-refractivity contribution in [1.29, 1.82) is 0 Å². The van der Waals surface area contributed by atoms with E-state index in [0.29, 0.717) is 3.57 Å². The van der Waals surface area contributed by atoms with Crippen LogP contribution in [0.5, 0.6) is 0 Å². The lowest BCUT2D eigenvalue weighted by Crippen LogP contribution is -2.36. The molecule has 9 heteroatoms. The molecule has 0 bridgehead atoms. The predicted octanol–water partition coefficient (Wildman–Crippen LogP) is -1.96. The highest BCUT2D eigenvalue weighted by Crippen LogP contribution is 2.28. The molecule has 1 aliphatic rings. The summed E-state index contributed by atoms with van der Waals surface area (Å²) in [6, 6.07) is 0. The Hall–Kier alpha value is -0.750. The van der Waals surface area contributed by atoms with Crippen molar-refractivity contribution in [1.82, 2.24) is 9.55 Å². The molecule has 1 aliphatic heterocycles. The maximum atomic E-state index is 11.7. The van der Waals surface area contributed by atoms with Gasteiger partial charge in [0.25, 0.3) is 0 Å². The van der Waals surface area contributed by atoms with Gasteiger partial charge in [-0.1, -0.05) is 0 Å². The lowest BCUT2D eigenvalue weighted by molar-refractivity contribution is -0.0550. The van der Waals surface area contributed by atoms with Gasteiger partial charge < -0.3 is 25.8 Å². The highest BCUT2D eigenvalue weighted by Gasteiger charge is 2.43. The predicted molar refractivity (Wildman–Crippen MR) is 68.6 cm³/mol. The Balaban J connectivity index is 2.39. The third kappa shape index (κ3) is 2.23. The average molecular weight is 369 g/mol. The zero-order valence-corrected chi connectivity index (χ0v) is 11.3. The highest BCUT2D eigenvalue weighted by atomic mass is 127. The number of aliphatic hydroxyl groups excluding tert-OH is 3. The standard InChI is InChI=1S/C9H12IN3O5/c10-3-1-13(9(17)12-7(3)11)8-6(16)5(15)4(2-14)18-8/h1,4-6,8,14-16H,2H2,(H2,11,12,17)/t4-,5+,6-,8+/m0/s1. The van der Waals surface area contributed by atoms with Gasteiger partial charge in [-0.25, -0.2) is 4.79 Å². The molecular weight excluding hydrogens is 357 g/mol. The highest BCUT2D eigenvalue weighted by molar-refractivity contribution is 14.1. The smallest absolute Gasteiger partial charge is 0.351 e. The Labute approximate surface area is 115 Å². The summed E-state index contributed by atoms with van der Waals surface area (Å²) in [4.78, 5) is 15.2. The Morgan fingerprint density at radius 3 is 2.72 bits per heavy atom. The lowest BCUT2D eigenvalue weighted by Gasteiger charge is -2.17. The molecule has 1 aromatic rings. The van der Waals surface area contributed by atoms with E-state index in [-0.39, 0.29) is 5.82 Å². The SMILES string of the molecule is Nc1nc(=O)n([C@@H]2O[C@@H](CO)[C@@H](O)[C@@H]2O)cc1I. The van der Waals surface area contributed by atoms with Crippen LogP contribution in [0.4, 0.5) is 5.82 Å². The molecule has 100 valence electrons. The Morgan fingerprint density at radius 2 is 2.17 bits per heavy atom. The first kappa shape index (κ1) is 13.7. The molecule has 5 N–H and O–H groups in total. The summed E-state index contributed by atoms with van der Waals surface area (Å²) in [5.74, 6) is 0.0867. The molecule has 0 aromatic carbocycles. The first-order valence-electron chi connectivity index (χ1n) is 5.12. The van der Waals surface area contributed by atoms with E-state index in [2.05, 4.69) is 4.98 Å². The van der Waals surface area contributed by atoms with Crippen LogP contribution < -0.4 is 11.4 Å². The number of nitrogens with two attached hydrogens (primary N) is 1. The zero-order chi connectivity index (χ0) is 13.4. The largest absolute Gasteiger partial charge is 0.394 e. The topological polar surface area (TPSA) is 131 Å². The van der Waals surface area contributed by atoms with Gasteiger partial charge in [-0.05, 0) is 22.6 Å². The number of nitrogen functional groups attached to an aromatic ring is 1. The average Bonchev–Trinajstić information content (AvgIpc) is 2.61. The fourth-order valence-electron chi connectivity index (χ4n) is 1.75. The Bertz CT molecular complexity index is 507. The van der Waals surface area contributed by atoms with Crippen molar-refractivity contribution in [2.24, 2.45) is 0 Å². The molecule has 0 aliphatic carbocycles. The Morgan fingerprint density at radius 1 is 1.50 bits per heavy atom. The summed E-state index contributed by atoms with van der Waals surface area (Å²) < 4.78 is 6.79. The molecular formula is C9H12IN3O5. The van der Waals surface area contributed by atoms with E-state index in [1.165, 1.54) is 6.20 Å². The minimum absolute atomic E-state index is 0.0867. The fraction of sp³-hybridized carbons (Fsp3) is 0.556. The molecule has 1 saturated heterocycles. The van der Waals surface area contributed by atoms with E-state index in [4.69, 9.17) is 15.6 Å². The molecule has 8 nitrogen and oxygen atoms in total. The van der Waals surface area contributed by atoms with E-state index in [9.17, 15) is 15.0 Å². The lowest BCUT2D eigenvalue weighted by atomic mass is 10.1. The third-order valence-electron chi connectivity index (χ3n) is 2.73. The number of ether oxygens (including phenoxy) is 1. The minimum atomic E-state index is -1.32. The van der Waals surface area contributed by atoms with Crippen molar-refractivity contribution in [3.63, 3.8) is 0 Å². The molecule has 0 unspecified atom stereocenters. The number of hydrogen-bond acceptors (Lipinski definition) is 7. The minimum Gasteiger partial charge on any atom is -0.394 e. The van der Waals surface area contributed by atoms with Crippen molar-refractivity contribution < 1.29 is 20.1 Å². The number of nitrogens with zero attached hydrogens (tertiary/aromatic N) is 2. The summed E-state index contributed by atoms with van der Waals surface area (Å²) in [7, 11) is 0. The molecule has 0 saturated carbocycles. The number of aliphatic hydroxyl groups is 3. The van der Waals surface area contributed by atoms with Gasteiger partial charge in [0.05, 0.1) is 10.2 Å². The van der Waals surface area contributed by atoms with Gasteiger partial charge in [0.1, 0.15) is 24.1 Å². The van der Waals surface area contributed by atoms with Crippen LogP contribution in [-0.2, 0) is 4.74 Å². The van der Waals surface area contributed by atoms with E-state index >= 15 is 0 Å². The van der Waals surface area contributed by atoms with Crippen LogP contribution in [0.25, 0.3) is 0 Å². The molecule has 2 heterocycles.